The molecule has 3 N–H and O–H groups in total. The largest absolute Gasteiger partial charge is 0.492 e. The predicted molar refractivity (Wildman–Crippen MR) is 104 cm³/mol. The van der Waals surface area contributed by atoms with Gasteiger partial charge in [-0.3, -0.25) is 9.59 Å². The molecule has 25 heavy (non-hydrogen) atoms. The Morgan fingerprint density at radius 1 is 1.36 bits per heavy atom. The van der Waals surface area contributed by atoms with Crippen molar-refractivity contribution in [2.24, 2.45) is 5.73 Å². The average Bonchev–Trinajstić information content (AvgIpc) is 3.09. The molecule has 140 valence electrons. The highest BCUT2D eigenvalue weighted by Gasteiger charge is 2.34. The fourth-order valence-corrected chi connectivity index (χ4v) is 3.59. The van der Waals surface area contributed by atoms with Crippen LogP contribution in [0.5, 0.6) is 5.75 Å². The van der Waals surface area contributed by atoms with Crippen LogP contribution in [0.4, 0.5) is 5.69 Å². The summed E-state index contributed by atoms with van der Waals surface area (Å²) in [6, 6.07) is 6.76. The van der Waals surface area contributed by atoms with Gasteiger partial charge in [0.05, 0.1) is 5.88 Å². The third-order valence-corrected chi connectivity index (χ3v) is 4.77. The molecule has 1 fully saturated rings. The second-order valence-electron chi connectivity index (χ2n) is 5.63. The maximum absolute atomic E-state index is 12.5. The van der Waals surface area contributed by atoms with Crippen molar-refractivity contribution >= 4 is 41.7 Å². The molecule has 1 aliphatic rings. The molecule has 2 rings (SSSR count). The first-order valence-electron chi connectivity index (χ1n) is 8.26. The van der Waals surface area contributed by atoms with Crippen LogP contribution >= 0.6 is 24.2 Å². The van der Waals surface area contributed by atoms with E-state index < -0.39 is 6.04 Å². The van der Waals surface area contributed by atoms with E-state index in [9.17, 15) is 9.59 Å². The van der Waals surface area contributed by atoms with Gasteiger partial charge in [-0.2, -0.15) is 0 Å². The maximum atomic E-state index is 12.5. The first kappa shape index (κ1) is 21.6. The Labute approximate surface area is 159 Å². The van der Waals surface area contributed by atoms with Crippen LogP contribution in [0.15, 0.2) is 24.3 Å². The number of unbranched alkanes of at least 4 members (excludes halogenated alkanes) is 1. The lowest BCUT2D eigenvalue weighted by Gasteiger charge is -2.23. The van der Waals surface area contributed by atoms with E-state index in [0.717, 1.165) is 12.8 Å². The molecular weight excluding hydrogens is 362 g/mol. The van der Waals surface area contributed by atoms with Gasteiger partial charge in [0.2, 0.25) is 11.8 Å². The number of rotatable bonds is 8. The van der Waals surface area contributed by atoms with Crippen LogP contribution in [0.3, 0.4) is 0 Å². The van der Waals surface area contributed by atoms with Crippen molar-refractivity contribution in [3.63, 3.8) is 0 Å². The number of thioether (sulfide) groups is 1. The minimum absolute atomic E-state index is 0. The topological polar surface area (TPSA) is 84.7 Å². The summed E-state index contributed by atoms with van der Waals surface area (Å²) >= 11 is 1.61. The number of nitrogens with zero attached hydrogens (tertiary/aromatic N) is 1. The van der Waals surface area contributed by atoms with Crippen LogP contribution in [-0.2, 0) is 9.59 Å². The fourth-order valence-electron chi connectivity index (χ4n) is 2.41. The molecule has 0 aliphatic carbocycles. The number of hydrogen-bond donors (Lipinski definition) is 2. The van der Waals surface area contributed by atoms with Crippen LogP contribution in [0.1, 0.15) is 26.2 Å². The average molecular weight is 388 g/mol. The van der Waals surface area contributed by atoms with Crippen LogP contribution < -0.4 is 15.8 Å². The molecule has 0 bridgehead atoms. The standard InChI is InChI=1S/C17H25N3O3S.ClH/c1-2-3-4-16(21)20-12-24-11-15(20)17(22)19-13-5-7-14(8-6-13)23-10-9-18;/h5-8,15H,2-4,9-12,18H2,1H3,(H,19,22);1H. The van der Waals surface area contributed by atoms with Gasteiger partial charge in [-0.1, -0.05) is 13.3 Å². The summed E-state index contributed by atoms with van der Waals surface area (Å²) in [6.45, 7) is 2.97. The number of carbonyl (C=O) groups is 2. The molecule has 0 saturated carbocycles. The molecule has 1 aliphatic heterocycles. The van der Waals surface area contributed by atoms with Gasteiger partial charge in [0.15, 0.2) is 0 Å². The predicted octanol–water partition coefficient (Wildman–Crippen LogP) is 2.48. The van der Waals surface area contributed by atoms with Crippen molar-refractivity contribution in [1.82, 2.24) is 4.90 Å². The van der Waals surface area contributed by atoms with Crippen molar-refractivity contribution in [1.29, 1.82) is 0 Å². The van der Waals surface area contributed by atoms with Gasteiger partial charge in [0.1, 0.15) is 18.4 Å². The number of carbonyl (C=O) groups excluding carboxylic acids is 2. The van der Waals surface area contributed by atoms with E-state index in [2.05, 4.69) is 12.2 Å². The normalized spacial score (nSPS) is 16.2. The number of amides is 2. The minimum atomic E-state index is -0.396. The van der Waals surface area contributed by atoms with Crippen LogP contribution in [0.25, 0.3) is 0 Å². The Morgan fingerprint density at radius 3 is 2.72 bits per heavy atom. The second kappa shape index (κ2) is 11.2. The highest BCUT2D eigenvalue weighted by atomic mass is 35.5. The van der Waals surface area contributed by atoms with Crippen molar-refractivity contribution in [2.45, 2.75) is 32.2 Å². The Kier molecular flexibility index (Phi) is 9.70. The van der Waals surface area contributed by atoms with E-state index in [1.165, 1.54) is 0 Å². The number of benzene rings is 1. The van der Waals surface area contributed by atoms with Crippen molar-refractivity contribution in [2.75, 3.05) is 30.1 Å². The maximum Gasteiger partial charge on any atom is 0.248 e. The van der Waals surface area contributed by atoms with Gasteiger partial charge in [0.25, 0.3) is 0 Å². The highest BCUT2D eigenvalue weighted by molar-refractivity contribution is 7.99. The van der Waals surface area contributed by atoms with Crippen molar-refractivity contribution in [3.8, 4) is 5.75 Å². The molecule has 1 aromatic carbocycles. The SMILES string of the molecule is CCCCC(=O)N1CSCC1C(=O)Nc1ccc(OCCN)cc1.Cl. The van der Waals surface area contributed by atoms with E-state index in [4.69, 9.17) is 10.5 Å². The minimum Gasteiger partial charge on any atom is -0.492 e. The Morgan fingerprint density at radius 2 is 2.08 bits per heavy atom. The van der Waals surface area contributed by atoms with Crippen LogP contribution in [-0.4, -0.2) is 47.5 Å². The van der Waals surface area contributed by atoms with Gasteiger partial charge < -0.3 is 20.7 Å². The summed E-state index contributed by atoms with van der Waals surface area (Å²) in [4.78, 5) is 26.4. The van der Waals surface area contributed by atoms with E-state index in [1.54, 1.807) is 40.9 Å². The molecule has 0 radical (unpaired) electrons. The van der Waals surface area contributed by atoms with Crippen LogP contribution in [0.2, 0.25) is 0 Å². The molecule has 1 unspecified atom stereocenters. The molecule has 8 heteroatoms. The molecule has 0 spiro atoms. The van der Waals surface area contributed by atoms with Crippen molar-refractivity contribution < 1.29 is 14.3 Å². The van der Waals surface area contributed by atoms with Crippen LogP contribution in [0, 0.1) is 0 Å². The lowest BCUT2D eigenvalue weighted by Crippen LogP contribution is -2.44. The first-order valence-corrected chi connectivity index (χ1v) is 9.42. The zero-order valence-corrected chi connectivity index (χ0v) is 16.0. The Bertz CT molecular complexity index is 557. The molecule has 1 heterocycles. The molecule has 0 aromatic heterocycles. The van der Waals surface area contributed by atoms with Gasteiger partial charge in [-0.05, 0) is 30.7 Å². The number of ether oxygens (including phenoxy) is 1. The summed E-state index contributed by atoms with van der Waals surface area (Å²) in [7, 11) is 0. The third kappa shape index (κ3) is 6.41. The quantitative estimate of drug-likeness (QED) is 0.715. The number of anilines is 1. The third-order valence-electron chi connectivity index (χ3n) is 3.76. The molecule has 6 nitrogen and oxygen atoms in total. The second-order valence-corrected chi connectivity index (χ2v) is 6.63. The first-order chi connectivity index (χ1) is 11.7. The van der Waals surface area contributed by atoms with E-state index in [0.29, 0.717) is 42.6 Å². The van der Waals surface area contributed by atoms with Gasteiger partial charge in [0, 0.05) is 24.4 Å². The van der Waals surface area contributed by atoms with Gasteiger partial charge in [-0.15, -0.1) is 24.2 Å². The van der Waals surface area contributed by atoms with Crippen molar-refractivity contribution in [3.05, 3.63) is 24.3 Å². The van der Waals surface area contributed by atoms with E-state index >= 15 is 0 Å². The zero-order valence-electron chi connectivity index (χ0n) is 14.4. The lowest BCUT2D eigenvalue weighted by atomic mass is 10.2. The smallest absolute Gasteiger partial charge is 0.248 e. The molecule has 1 atom stereocenters. The molecule has 1 aromatic rings. The summed E-state index contributed by atoms with van der Waals surface area (Å²) in [6.07, 6.45) is 2.34. The highest BCUT2D eigenvalue weighted by Crippen LogP contribution is 2.24. The number of nitrogens with one attached hydrogen (secondary N) is 1. The summed E-state index contributed by atoms with van der Waals surface area (Å²) in [5.74, 6) is 1.87. The van der Waals surface area contributed by atoms with Gasteiger partial charge >= 0.3 is 0 Å². The Hall–Kier alpha value is -1.44. The summed E-state index contributed by atoms with van der Waals surface area (Å²) in [5.41, 5.74) is 6.09. The summed E-state index contributed by atoms with van der Waals surface area (Å²) in [5, 5.41) is 2.88. The number of nitrogens with two attached hydrogens (primary N) is 1. The fraction of sp³-hybridized carbons (Fsp3) is 0.529. The number of halogens is 1. The molecule has 2 amide bonds. The monoisotopic (exact) mass is 387 g/mol. The number of hydrogen-bond acceptors (Lipinski definition) is 5. The molecular formula is C17H26ClN3O3S. The van der Waals surface area contributed by atoms with Gasteiger partial charge in [-0.25, -0.2) is 0 Å². The zero-order chi connectivity index (χ0) is 17.4. The summed E-state index contributed by atoms with van der Waals surface area (Å²) < 4.78 is 5.41. The lowest BCUT2D eigenvalue weighted by molar-refractivity contribution is -0.136. The van der Waals surface area contributed by atoms with E-state index in [1.807, 2.05) is 0 Å². The Balaban J connectivity index is 0.00000312. The van der Waals surface area contributed by atoms with E-state index in [-0.39, 0.29) is 24.2 Å². The molecule has 1 saturated heterocycles.